The van der Waals surface area contributed by atoms with Crippen molar-refractivity contribution in [3.63, 3.8) is 0 Å². The smallest absolute Gasteiger partial charge is 0.191 e. The van der Waals surface area contributed by atoms with Crippen molar-refractivity contribution in [3.8, 4) is 0 Å². The molecule has 120 valence electrons. The molecule has 22 heavy (non-hydrogen) atoms. The van der Waals surface area contributed by atoms with Crippen molar-refractivity contribution in [2.75, 3.05) is 7.05 Å². The Bertz CT molecular complexity index is 659. The van der Waals surface area contributed by atoms with Crippen molar-refractivity contribution in [1.29, 1.82) is 0 Å². The van der Waals surface area contributed by atoms with Crippen LogP contribution in [0.1, 0.15) is 18.4 Å². The summed E-state index contributed by atoms with van der Waals surface area (Å²) in [6.07, 6.45) is 1.71. The van der Waals surface area contributed by atoms with Crippen molar-refractivity contribution in [1.82, 2.24) is 30.0 Å². The van der Waals surface area contributed by atoms with Crippen molar-refractivity contribution < 1.29 is 0 Å². The van der Waals surface area contributed by atoms with Crippen LogP contribution in [0.15, 0.2) is 17.4 Å². The topological polar surface area (TPSA) is 72.1 Å². The highest BCUT2D eigenvalue weighted by Crippen LogP contribution is 2.24. The lowest BCUT2D eigenvalue weighted by Crippen LogP contribution is -2.37. The van der Waals surface area contributed by atoms with E-state index in [-0.39, 0.29) is 0 Å². The monoisotopic (exact) mass is 343 g/mol. The summed E-state index contributed by atoms with van der Waals surface area (Å²) in [6, 6.07) is 1.83. The number of nitrogens with zero attached hydrogens (tertiary/aromatic N) is 5. The summed E-state index contributed by atoms with van der Waals surface area (Å²) < 4.78 is 3.80. The van der Waals surface area contributed by atoms with Crippen LogP contribution < -0.4 is 10.6 Å². The van der Waals surface area contributed by atoms with Gasteiger partial charge in [-0.05, 0) is 13.0 Å². The van der Waals surface area contributed by atoms with E-state index in [1.807, 2.05) is 29.2 Å². The van der Waals surface area contributed by atoms with E-state index >= 15 is 0 Å². The molecule has 7 nitrogen and oxygen atoms in total. The molecule has 2 aromatic heterocycles. The molecule has 2 rings (SSSR count). The quantitative estimate of drug-likeness (QED) is 0.641. The van der Waals surface area contributed by atoms with E-state index < -0.39 is 0 Å². The maximum absolute atomic E-state index is 6.05. The fourth-order valence-corrected chi connectivity index (χ4v) is 2.41. The second-order valence-electron chi connectivity index (χ2n) is 4.65. The number of nitrogens with one attached hydrogen (secondary N) is 2. The number of rotatable bonds is 5. The van der Waals surface area contributed by atoms with Crippen molar-refractivity contribution in [2.24, 2.45) is 12.0 Å². The van der Waals surface area contributed by atoms with E-state index in [1.165, 1.54) is 0 Å². The largest absolute Gasteiger partial charge is 0.351 e. The third-order valence-electron chi connectivity index (χ3n) is 3.33. The maximum atomic E-state index is 6.05. The van der Waals surface area contributed by atoms with Gasteiger partial charge in [0.1, 0.15) is 11.5 Å². The molecule has 0 fully saturated rings. The van der Waals surface area contributed by atoms with Crippen LogP contribution >= 0.6 is 23.2 Å². The van der Waals surface area contributed by atoms with Crippen molar-refractivity contribution in [3.05, 3.63) is 34.1 Å². The van der Waals surface area contributed by atoms with E-state index in [0.717, 1.165) is 18.1 Å². The molecule has 0 aliphatic heterocycles. The molecule has 0 aliphatic rings. The van der Waals surface area contributed by atoms with Crippen LogP contribution in [-0.2, 0) is 26.7 Å². The molecular weight excluding hydrogens is 325 g/mol. The third-order valence-corrected chi connectivity index (χ3v) is 4.17. The van der Waals surface area contributed by atoms with Gasteiger partial charge in [-0.15, -0.1) is 10.2 Å². The minimum absolute atomic E-state index is 0.525. The molecule has 0 aromatic carbocycles. The minimum atomic E-state index is 0.525. The average molecular weight is 344 g/mol. The fraction of sp³-hybridized carbons (Fsp3) is 0.462. The first-order valence-electron chi connectivity index (χ1n) is 6.87. The number of aliphatic imine (C=N–C) groups is 1. The lowest BCUT2D eigenvalue weighted by Gasteiger charge is -2.12. The van der Waals surface area contributed by atoms with Gasteiger partial charge >= 0.3 is 0 Å². The van der Waals surface area contributed by atoms with Gasteiger partial charge in [-0.1, -0.05) is 23.2 Å². The Morgan fingerprint density at radius 3 is 2.64 bits per heavy atom. The van der Waals surface area contributed by atoms with Gasteiger partial charge in [0.15, 0.2) is 11.8 Å². The number of hydrogen-bond donors (Lipinski definition) is 2. The molecule has 2 heterocycles. The fourth-order valence-electron chi connectivity index (χ4n) is 2.00. The molecule has 9 heteroatoms. The molecule has 2 aromatic rings. The van der Waals surface area contributed by atoms with Gasteiger partial charge in [0, 0.05) is 26.3 Å². The van der Waals surface area contributed by atoms with Crippen LogP contribution in [-0.4, -0.2) is 32.3 Å². The van der Waals surface area contributed by atoms with E-state index in [1.54, 1.807) is 13.4 Å². The number of hydrogen-bond acceptors (Lipinski definition) is 3. The molecule has 0 atom stereocenters. The molecule has 0 aliphatic carbocycles. The molecule has 0 radical (unpaired) electrons. The Kier molecular flexibility index (Phi) is 5.68. The normalized spacial score (nSPS) is 11.8. The standard InChI is InChI=1S/C13H19Cl2N7/c1-4-22-8-19-20-11(22)7-18-13(16-2)17-6-9-5-10(14)12(15)21(9)3/h5,8H,4,6-7H2,1-3H3,(H2,16,17,18). The van der Waals surface area contributed by atoms with Crippen LogP contribution in [0.25, 0.3) is 0 Å². The minimum Gasteiger partial charge on any atom is -0.351 e. The van der Waals surface area contributed by atoms with Crippen LogP contribution in [0.3, 0.4) is 0 Å². The third kappa shape index (κ3) is 3.72. The zero-order valence-corrected chi connectivity index (χ0v) is 14.3. The predicted molar refractivity (Wildman–Crippen MR) is 88.2 cm³/mol. The van der Waals surface area contributed by atoms with Gasteiger partial charge in [-0.2, -0.15) is 0 Å². The summed E-state index contributed by atoms with van der Waals surface area (Å²) in [4.78, 5) is 4.18. The zero-order chi connectivity index (χ0) is 16.1. The first-order valence-corrected chi connectivity index (χ1v) is 7.63. The average Bonchev–Trinajstić information content (AvgIpc) is 3.08. The van der Waals surface area contributed by atoms with E-state index in [4.69, 9.17) is 23.2 Å². The highest BCUT2D eigenvalue weighted by Gasteiger charge is 2.09. The van der Waals surface area contributed by atoms with Gasteiger partial charge < -0.3 is 19.8 Å². The van der Waals surface area contributed by atoms with Gasteiger partial charge in [0.25, 0.3) is 0 Å². The van der Waals surface area contributed by atoms with Gasteiger partial charge in [0.05, 0.1) is 18.1 Å². The Morgan fingerprint density at radius 1 is 1.32 bits per heavy atom. The van der Waals surface area contributed by atoms with E-state index in [0.29, 0.717) is 29.2 Å². The van der Waals surface area contributed by atoms with Gasteiger partial charge in [-0.3, -0.25) is 4.99 Å². The molecule has 0 unspecified atom stereocenters. The highest BCUT2D eigenvalue weighted by atomic mass is 35.5. The summed E-state index contributed by atoms with van der Waals surface area (Å²) in [6.45, 7) is 3.98. The summed E-state index contributed by atoms with van der Waals surface area (Å²) in [5, 5.41) is 15.4. The van der Waals surface area contributed by atoms with Crippen molar-refractivity contribution >= 4 is 29.2 Å². The van der Waals surface area contributed by atoms with E-state index in [9.17, 15) is 0 Å². The zero-order valence-electron chi connectivity index (χ0n) is 12.8. The summed E-state index contributed by atoms with van der Waals surface area (Å²) in [7, 11) is 3.58. The molecule has 0 saturated carbocycles. The Balaban J connectivity index is 1.91. The van der Waals surface area contributed by atoms with Crippen LogP contribution in [0.2, 0.25) is 10.2 Å². The van der Waals surface area contributed by atoms with Gasteiger partial charge in [-0.25, -0.2) is 0 Å². The number of aryl methyl sites for hydroxylation is 1. The lowest BCUT2D eigenvalue weighted by atomic mass is 10.4. The second-order valence-corrected chi connectivity index (χ2v) is 5.41. The maximum Gasteiger partial charge on any atom is 0.191 e. The first kappa shape index (κ1) is 16.6. The molecular formula is C13H19Cl2N7. The number of aromatic nitrogens is 4. The first-order chi connectivity index (χ1) is 10.6. The number of halogens is 2. The van der Waals surface area contributed by atoms with Crippen LogP contribution in [0.4, 0.5) is 0 Å². The highest BCUT2D eigenvalue weighted by molar-refractivity contribution is 6.41. The molecule has 0 spiro atoms. The molecule has 0 bridgehead atoms. The van der Waals surface area contributed by atoms with Crippen molar-refractivity contribution in [2.45, 2.75) is 26.6 Å². The summed E-state index contributed by atoms with van der Waals surface area (Å²) in [5.74, 6) is 1.52. The number of guanidine groups is 1. The summed E-state index contributed by atoms with van der Waals surface area (Å²) in [5.41, 5.74) is 0.967. The summed E-state index contributed by atoms with van der Waals surface area (Å²) >= 11 is 12.1. The van der Waals surface area contributed by atoms with Crippen LogP contribution in [0.5, 0.6) is 0 Å². The SMILES string of the molecule is CCn1cnnc1CNC(=NC)NCc1cc(Cl)c(Cl)n1C. The Morgan fingerprint density at radius 2 is 2.05 bits per heavy atom. The molecule has 0 saturated heterocycles. The molecule has 2 N–H and O–H groups in total. The predicted octanol–water partition coefficient (Wildman–Crippen LogP) is 1.81. The Labute approximate surface area is 139 Å². The van der Waals surface area contributed by atoms with Crippen LogP contribution in [0, 0.1) is 0 Å². The Hall–Kier alpha value is -1.73. The molecule has 0 amide bonds. The van der Waals surface area contributed by atoms with E-state index in [2.05, 4.69) is 25.8 Å². The van der Waals surface area contributed by atoms with Gasteiger partial charge in [0.2, 0.25) is 0 Å². The lowest BCUT2D eigenvalue weighted by molar-refractivity contribution is 0.667. The second kappa shape index (κ2) is 7.51.